The van der Waals surface area contributed by atoms with Crippen LogP contribution in [0.1, 0.15) is 36.5 Å². The molecule has 4 heterocycles. The lowest BCUT2D eigenvalue weighted by Crippen LogP contribution is -2.41. The molecule has 4 rings (SSSR count). The van der Waals surface area contributed by atoms with Crippen molar-refractivity contribution in [2.45, 2.75) is 50.6 Å². The van der Waals surface area contributed by atoms with Crippen LogP contribution in [-0.4, -0.2) is 64.6 Å². The second-order valence-electron chi connectivity index (χ2n) is 7.93. The molecule has 9 heteroatoms. The van der Waals surface area contributed by atoms with Crippen LogP contribution in [0.2, 0.25) is 0 Å². The van der Waals surface area contributed by atoms with Gasteiger partial charge in [0, 0.05) is 50.8 Å². The Morgan fingerprint density at radius 3 is 3.00 bits per heavy atom. The average molecular weight is 386 g/mol. The van der Waals surface area contributed by atoms with Gasteiger partial charge in [-0.3, -0.25) is 14.4 Å². The van der Waals surface area contributed by atoms with E-state index in [1.165, 1.54) is 0 Å². The molecular weight excluding hydrogens is 361 g/mol. The van der Waals surface area contributed by atoms with E-state index < -0.39 is 12.6 Å². The summed E-state index contributed by atoms with van der Waals surface area (Å²) in [5.74, 6) is 0.168. The van der Waals surface area contributed by atoms with Crippen LogP contribution < -0.4 is 5.32 Å². The molecule has 1 amide bonds. The standard InChI is InChI=1S/C18H25F3N4O2/c1-2-25-9-12(7-23-25)16(26)22-8-13-14-10-24(6-5-18(19,20)21)11-17(14)4-3-15(13)27-17/h7,9,13-15H,2-6,8,10-11H2,1H3,(H,22,26)/t13-,14+,15+,17+/m0/s1. The Morgan fingerprint density at radius 1 is 1.48 bits per heavy atom. The second kappa shape index (κ2) is 6.77. The number of aryl methyl sites for hydroxylation is 1. The molecule has 0 aliphatic carbocycles. The van der Waals surface area contributed by atoms with Gasteiger partial charge >= 0.3 is 6.18 Å². The van der Waals surface area contributed by atoms with Crippen LogP contribution in [0.3, 0.4) is 0 Å². The van der Waals surface area contributed by atoms with Crippen LogP contribution in [0.5, 0.6) is 0 Å². The van der Waals surface area contributed by atoms with Crippen molar-refractivity contribution < 1.29 is 22.7 Å². The summed E-state index contributed by atoms with van der Waals surface area (Å²) in [6.45, 7) is 4.33. The summed E-state index contributed by atoms with van der Waals surface area (Å²) < 4.78 is 45.6. The number of rotatable bonds is 6. The fourth-order valence-corrected chi connectivity index (χ4v) is 4.98. The van der Waals surface area contributed by atoms with Crippen molar-refractivity contribution in [1.29, 1.82) is 0 Å². The number of carbonyl (C=O) groups excluding carboxylic acids is 1. The zero-order valence-corrected chi connectivity index (χ0v) is 15.3. The summed E-state index contributed by atoms with van der Waals surface area (Å²) in [5.41, 5.74) is 0.201. The molecular formula is C18H25F3N4O2. The predicted octanol–water partition coefficient (Wildman–Crippen LogP) is 2.06. The Labute approximate surface area is 156 Å². The first-order chi connectivity index (χ1) is 12.8. The van der Waals surface area contributed by atoms with Gasteiger partial charge < -0.3 is 10.1 Å². The molecule has 4 atom stereocenters. The van der Waals surface area contributed by atoms with Crippen molar-refractivity contribution in [3.63, 3.8) is 0 Å². The molecule has 27 heavy (non-hydrogen) atoms. The van der Waals surface area contributed by atoms with Crippen LogP contribution in [0.25, 0.3) is 0 Å². The molecule has 1 aromatic rings. The normalized spacial score (nSPS) is 32.8. The topological polar surface area (TPSA) is 59.4 Å². The van der Waals surface area contributed by atoms with Crippen molar-refractivity contribution in [2.24, 2.45) is 11.8 Å². The molecule has 6 nitrogen and oxygen atoms in total. The lowest BCUT2D eigenvalue weighted by Gasteiger charge is -2.29. The minimum absolute atomic E-state index is 0.0189. The molecule has 150 valence electrons. The lowest BCUT2D eigenvalue weighted by molar-refractivity contribution is -0.138. The molecule has 3 aliphatic rings. The molecule has 3 fully saturated rings. The van der Waals surface area contributed by atoms with Gasteiger partial charge in [-0.1, -0.05) is 0 Å². The molecule has 1 aromatic heterocycles. The maximum absolute atomic E-state index is 12.5. The average Bonchev–Trinajstić information content (AvgIpc) is 3.36. The molecule has 3 saturated heterocycles. The van der Waals surface area contributed by atoms with E-state index in [0.29, 0.717) is 31.7 Å². The zero-order chi connectivity index (χ0) is 19.2. The summed E-state index contributed by atoms with van der Waals surface area (Å²) in [4.78, 5) is 14.2. The molecule has 2 bridgehead atoms. The van der Waals surface area contributed by atoms with E-state index in [0.717, 1.165) is 12.8 Å². The van der Waals surface area contributed by atoms with Crippen molar-refractivity contribution >= 4 is 5.91 Å². The van der Waals surface area contributed by atoms with Crippen molar-refractivity contribution in [3.8, 4) is 0 Å². The van der Waals surface area contributed by atoms with E-state index in [1.54, 1.807) is 17.1 Å². The summed E-state index contributed by atoms with van der Waals surface area (Å²) in [6.07, 6.45) is 0.246. The largest absolute Gasteiger partial charge is 0.390 e. The number of hydrogen-bond acceptors (Lipinski definition) is 4. The SMILES string of the molecule is CCn1cc(C(=O)NC[C@H]2[C@H]3CN(CCC(F)(F)F)C[C@]34CC[C@H]2O4)cn1. The minimum atomic E-state index is -4.13. The lowest BCUT2D eigenvalue weighted by atomic mass is 9.73. The molecule has 3 aliphatic heterocycles. The van der Waals surface area contributed by atoms with E-state index in [9.17, 15) is 18.0 Å². The fraction of sp³-hybridized carbons (Fsp3) is 0.778. The molecule has 1 spiro atoms. The van der Waals surface area contributed by atoms with Crippen LogP contribution >= 0.6 is 0 Å². The van der Waals surface area contributed by atoms with Gasteiger partial charge in [-0.25, -0.2) is 0 Å². The molecule has 1 N–H and O–H groups in total. The van der Waals surface area contributed by atoms with E-state index in [1.807, 2.05) is 11.8 Å². The highest BCUT2D eigenvalue weighted by molar-refractivity contribution is 5.93. The van der Waals surface area contributed by atoms with Gasteiger partial charge in [-0.05, 0) is 19.8 Å². The van der Waals surface area contributed by atoms with Crippen LogP contribution in [-0.2, 0) is 11.3 Å². The third-order valence-corrected chi connectivity index (χ3v) is 6.28. The molecule has 0 radical (unpaired) electrons. The predicted molar refractivity (Wildman–Crippen MR) is 91.2 cm³/mol. The van der Waals surface area contributed by atoms with Gasteiger partial charge in [0.25, 0.3) is 5.91 Å². The smallest absolute Gasteiger partial charge is 0.370 e. The number of aromatic nitrogens is 2. The Morgan fingerprint density at radius 2 is 2.30 bits per heavy atom. The Kier molecular flexibility index (Phi) is 4.70. The van der Waals surface area contributed by atoms with Crippen LogP contribution in [0.15, 0.2) is 12.4 Å². The third kappa shape index (κ3) is 3.59. The van der Waals surface area contributed by atoms with E-state index >= 15 is 0 Å². The van der Waals surface area contributed by atoms with Gasteiger partial charge in [-0.2, -0.15) is 18.3 Å². The van der Waals surface area contributed by atoms with Gasteiger partial charge in [0.2, 0.25) is 0 Å². The number of carbonyl (C=O) groups is 1. The summed E-state index contributed by atoms with van der Waals surface area (Å²) in [7, 11) is 0. The second-order valence-corrected chi connectivity index (χ2v) is 7.93. The minimum Gasteiger partial charge on any atom is -0.370 e. The summed E-state index contributed by atoms with van der Waals surface area (Å²) in [6, 6.07) is 0. The van der Waals surface area contributed by atoms with Crippen molar-refractivity contribution in [3.05, 3.63) is 18.0 Å². The summed E-state index contributed by atoms with van der Waals surface area (Å²) >= 11 is 0. The number of ether oxygens (including phenoxy) is 1. The maximum Gasteiger partial charge on any atom is 0.390 e. The number of fused-ring (bicyclic) bond motifs is 1. The molecule has 0 unspecified atom stereocenters. The first-order valence-corrected chi connectivity index (χ1v) is 9.57. The highest BCUT2D eigenvalue weighted by Crippen LogP contribution is 2.54. The summed E-state index contributed by atoms with van der Waals surface area (Å²) in [5, 5.41) is 7.08. The van der Waals surface area contributed by atoms with Crippen molar-refractivity contribution in [2.75, 3.05) is 26.2 Å². The Bertz CT molecular complexity index is 707. The van der Waals surface area contributed by atoms with Gasteiger partial charge in [0.05, 0.1) is 29.9 Å². The maximum atomic E-state index is 12.5. The fourth-order valence-electron chi connectivity index (χ4n) is 4.98. The Hall–Kier alpha value is -1.61. The zero-order valence-electron chi connectivity index (χ0n) is 15.3. The van der Waals surface area contributed by atoms with E-state index in [4.69, 9.17) is 4.74 Å². The molecule has 0 aromatic carbocycles. The third-order valence-electron chi connectivity index (χ3n) is 6.28. The Balaban J connectivity index is 1.36. The van der Waals surface area contributed by atoms with Gasteiger partial charge in [0.15, 0.2) is 0 Å². The number of alkyl halides is 3. The van der Waals surface area contributed by atoms with Crippen LogP contribution in [0, 0.1) is 11.8 Å². The number of halogens is 3. The highest BCUT2D eigenvalue weighted by atomic mass is 19.4. The van der Waals surface area contributed by atoms with E-state index in [-0.39, 0.29) is 36.0 Å². The van der Waals surface area contributed by atoms with E-state index in [2.05, 4.69) is 10.4 Å². The first-order valence-electron chi connectivity index (χ1n) is 9.57. The first kappa shape index (κ1) is 18.7. The van der Waals surface area contributed by atoms with Gasteiger partial charge in [-0.15, -0.1) is 0 Å². The van der Waals surface area contributed by atoms with Crippen molar-refractivity contribution in [1.82, 2.24) is 20.0 Å². The monoisotopic (exact) mass is 386 g/mol. The number of hydrogen-bond donors (Lipinski definition) is 1. The number of amides is 1. The molecule has 0 saturated carbocycles. The van der Waals surface area contributed by atoms with Gasteiger partial charge in [0.1, 0.15) is 0 Å². The highest BCUT2D eigenvalue weighted by Gasteiger charge is 2.62. The quantitative estimate of drug-likeness (QED) is 0.813. The number of likely N-dealkylation sites (tertiary alicyclic amines) is 1. The van der Waals surface area contributed by atoms with Crippen LogP contribution in [0.4, 0.5) is 13.2 Å². The number of nitrogens with one attached hydrogen (secondary N) is 1. The number of nitrogens with zero attached hydrogens (tertiary/aromatic N) is 3.